The van der Waals surface area contributed by atoms with E-state index in [1.165, 1.54) is 42.4 Å². The molecule has 3 aromatic carbocycles. The van der Waals surface area contributed by atoms with Crippen molar-refractivity contribution in [2.24, 2.45) is 11.8 Å². The van der Waals surface area contributed by atoms with Crippen LogP contribution in [0.1, 0.15) is 55.7 Å². The van der Waals surface area contributed by atoms with Crippen molar-refractivity contribution in [3.8, 4) is 0 Å². The third-order valence-electron chi connectivity index (χ3n) is 6.77. The van der Waals surface area contributed by atoms with Gasteiger partial charge in [-0.05, 0) is 51.5 Å². The maximum Gasteiger partial charge on any atom is 0.144 e. The van der Waals surface area contributed by atoms with E-state index in [4.69, 9.17) is 4.74 Å². The Morgan fingerprint density at radius 3 is 1.78 bits per heavy atom. The molecule has 3 atom stereocenters. The van der Waals surface area contributed by atoms with E-state index in [1.54, 1.807) is 0 Å². The Morgan fingerprint density at radius 1 is 0.844 bits per heavy atom. The van der Waals surface area contributed by atoms with E-state index in [1.807, 2.05) is 0 Å². The smallest absolute Gasteiger partial charge is 0.144 e. The van der Waals surface area contributed by atoms with Crippen LogP contribution in [0.15, 0.2) is 101 Å². The van der Waals surface area contributed by atoms with E-state index in [0.29, 0.717) is 0 Å². The molecule has 1 aliphatic rings. The van der Waals surface area contributed by atoms with Crippen LogP contribution in [0.3, 0.4) is 0 Å². The van der Waals surface area contributed by atoms with Crippen LogP contribution in [-0.4, -0.2) is 6.10 Å². The quantitative estimate of drug-likeness (QED) is 0.207. The average molecular weight is 536 g/mol. The lowest BCUT2D eigenvalue weighted by Crippen LogP contribution is -2.37. The Balaban J connectivity index is 1.80. The summed E-state index contributed by atoms with van der Waals surface area (Å²) in [4.78, 5) is 0. The third-order valence-corrected chi connectivity index (χ3v) is 7.18. The van der Waals surface area contributed by atoms with Crippen LogP contribution in [0, 0.1) is 11.8 Å². The zero-order valence-corrected chi connectivity index (χ0v) is 21.0. The van der Waals surface area contributed by atoms with Crippen molar-refractivity contribution in [2.45, 2.75) is 50.7 Å². The molecule has 0 bridgehead atoms. The van der Waals surface area contributed by atoms with Crippen molar-refractivity contribution < 1.29 is 4.74 Å². The molecular formula is C30H33IO. The number of hydrogen-bond acceptors (Lipinski definition) is 1. The molecule has 3 unspecified atom stereocenters. The van der Waals surface area contributed by atoms with Gasteiger partial charge < -0.3 is 4.74 Å². The zero-order chi connectivity index (χ0) is 22.2. The third kappa shape index (κ3) is 5.35. The van der Waals surface area contributed by atoms with Crippen molar-refractivity contribution in [3.63, 3.8) is 0 Å². The lowest BCUT2D eigenvalue weighted by atomic mass is 9.78. The minimum atomic E-state index is -0.662. The summed E-state index contributed by atoms with van der Waals surface area (Å²) in [5.41, 5.74) is 2.84. The van der Waals surface area contributed by atoms with E-state index in [0.717, 1.165) is 18.3 Å². The summed E-state index contributed by atoms with van der Waals surface area (Å²) >= 11 is 2.34. The number of halogens is 1. The molecule has 32 heavy (non-hydrogen) atoms. The van der Waals surface area contributed by atoms with Crippen molar-refractivity contribution in [2.75, 3.05) is 0 Å². The van der Waals surface area contributed by atoms with Crippen LogP contribution in [-0.2, 0) is 10.3 Å². The molecule has 1 nitrogen and oxygen atoms in total. The van der Waals surface area contributed by atoms with Crippen molar-refractivity contribution >= 4 is 22.6 Å². The first-order valence-electron chi connectivity index (χ1n) is 11.8. The molecule has 0 saturated heterocycles. The second-order valence-electron chi connectivity index (χ2n) is 9.13. The van der Waals surface area contributed by atoms with Gasteiger partial charge in [0, 0.05) is 0 Å². The molecule has 2 heteroatoms. The van der Waals surface area contributed by atoms with Gasteiger partial charge in [0.25, 0.3) is 0 Å². The van der Waals surface area contributed by atoms with Crippen LogP contribution < -0.4 is 0 Å². The molecule has 0 amide bonds. The molecule has 4 rings (SSSR count). The maximum atomic E-state index is 7.28. The highest BCUT2D eigenvalue weighted by Crippen LogP contribution is 2.43. The second-order valence-corrected chi connectivity index (χ2v) is 9.85. The van der Waals surface area contributed by atoms with Gasteiger partial charge in [0.1, 0.15) is 5.60 Å². The molecule has 3 aromatic rings. The predicted octanol–water partition coefficient (Wildman–Crippen LogP) is 8.53. The van der Waals surface area contributed by atoms with E-state index in [2.05, 4.69) is 131 Å². The fraction of sp³-hybridized carbons (Fsp3) is 0.333. The second kappa shape index (κ2) is 11.3. The summed E-state index contributed by atoms with van der Waals surface area (Å²) in [6.45, 7) is 2.40. The summed E-state index contributed by atoms with van der Waals surface area (Å²) in [5.74, 6) is 1.54. The van der Waals surface area contributed by atoms with E-state index in [9.17, 15) is 0 Å². The SMILES string of the molecule is CC1CCCC(CC(/C=C/I)OC(c2ccccc2)(c2ccccc2)c2ccccc2)C1. The van der Waals surface area contributed by atoms with Gasteiger partial charge in [0.15, 0.2) is 0 Å². The minimum Gasteiger partial charge on any atom is -0.354 e. The van der Waals surface area contributed by atoms with Gasteiger partial charge in [-0.2, -0.15) is 0 Å². The Kier molecular flexibility index (Phi) is 8.20. The largest absolute Gasteiger partial charge is 0.354 e. The first kappa shape index (κ1) is 23.3. The molecular weight excluding hydrogens is 503 g/mol. The summed E-state index contributed by atoms with van der Waals surface area (Å²) in [6, 6.07) is 32.1. The van der Waals surface area contributed by atoms with Gasteiger partial charge in [0.05, 0.1) is 6.10 Å². The van der Waals surface area contributed by atoms with Crippen LogP contribution in [0.2, 0.25) is 0 Å². The topological polar surface area (TPSA) is 9.23 Å². The highest BCUT2D eigenvalue weighted by molar-refractivity contribution is 14.1. The zero-order valence-electron chi connectivity index (χ0n) is 18.9. The number of benzene rings is 3. The van der Waals surface area contributed by atoms with Gasteiger partial charge in [0.2, 0.25) is 0 Å². The first-order chi connectivity index (χ1) is 15.7. The van der Waals surface area contributed by atoms with Crippen LogP contribution in [0.25, 0.3) is 0 Å². The Hall–Kier alpha value is -1.91. The van der Waals surface area contributed by atoms with Crippen molar-refractivity contribution in [3.05, 3.63) is 118 Å². The summed E-state index contributed by atoms with van der Waals surface area (Å²) < 4.78 is 9.41. The average Bonchev–Trinajstić information content (AvgIpc) is 2.84. The molecule has 1 fully saturated rings. The fourth-order valence-electron chi connectivity index (χ4n) is 5.30. The molecule has 0 spiro atoms. The summed E-state index contributed by atoms with van der Waals surface area (Å²) in [7, 11) is 0. The fourth-order valence-corrected chi connectivity index (χ4v) is 5.76. The monoisotopic (exact) mass is 536 g/mol. The Morgan fingerprint density at radius 2 is 1.34 bits per heavy atom. The molecule has 0 heterocycles. The lowest BCUT2D eigenvalue weighted by molar-refractivity contribution is -0.0369. The Bertz CT molecular complexity index is 871. The van der Waals surface area contributed by atoms with Gasteiger partial charge >= 0.3 is 0 Å². The van der Waals surface area contributed by atoms with Gasteiger partial charge in [-0.25, -0.2) is 0 Å². The first-order valence-corrected chi connectivity index (χ1v) is 13.1. The van der Waals surface area contributed by atoms with Crippen molar-refractivity contribution in [1.82, 2.24) is 0 Å². The lowest BCUT2D eigenvalue weighted by Gasteiger charge is -2.39. The van der Waals surface area contributed by atoms with Crippen LogP contribution in [0.4, 0.5) is 0 Å². The summed E-state index contributed by atoms with van der Waals surface area (Å²) in [5, 5.41) is 0. The number of ether oxygens (including phenoxy) is 1. The van der Waals surface area contributed by atoms with E-state index < -0.39 is 5.60 Å². The molecule has 0 radical (unpaired) electrons. The van der Waals surface area contributed by atoms with Gasteiger partial charge in [-0.15, -0.1) is 0 Å². The molecule has 0 aliphatic heterocycles. The molecule has 1 saturated carbocycles. The van der Waals surface area contributed by atoms with Gasteiger partial charge in [-0.1, -0.05) is 140 Å². The highest BCUT2D eigenvalue weighted by Gasteiger charge is 2.40. The number of rotatable bonds is 8. The predicted molar refractivity (Wildman–Crippen MR) is 143 cm³/mol. The van der Waals surface area contributed by atoms with Crippen LogP contribution >= 0.6 is 22.6 Å². The van der Waals surface area contributed by atoms with E-state index >= 15 is 0 Å². The summed E-state index contributed by atoms with van der Waals surface area (Å²) in [6.07, 6.45) is 8.70. The highest BCUT2D eigenvalue weighted by atomic mass is 127. The minimum absolute atomic E-state index is 0.0443. The Labute approximate surface area is 207 Å². The van der Waals surface area contributed by atoms with Gasteiger partial charge in [-0.3, -0.25) is 0 Å². The normalized spacial score (nSPS) is 20.3. The number of hydrogen-bond donors (Lipinski definition) is 0. The standard InChI is InChI=1S/C30H33IO/c1-24-12-11-13-25(22-24)23-29(20-21-31)32-30(26-14-5-2-6-15-26,27-16-7-3-8-17-27)28-18-9-4-10-19-28/h2-10,14-21,24-25,29H,11-13,22-23H2,1H3/b21-20+. The molecule has 1 aliphatic carbocycles. The van der Waals surface area contributed by atoms with E-state index in [-0.39, 0.29) is 6.10 Å². The maximum absolute atomic E-state index is 7.28. The van der Waals surface area contributed by atoms with Crippen molar-refractivity contribution in [1.29, 1.82) is 0 Å². The van der Waals surface area contributed by atoms with Crippen LogP contribution in [0.5, 0.6) is 0 Å². The molecule has 0 N–H and O–H groups in total. The molecule has 0 aromatic heterocycles. The molecule has 166 valence electrons.